The summed E-state index contributed by atoms with van der Waals surface area (Å²) < 4.78 is 15.4. The molecule has 31 heavy (non-hydrogen) atoms. The van der Waals surface area contributed by atoms with Crippen molar-refractivity contribution >= 4 is 23.8 Å². The number of hydrogen-bond acceptors (Lipinski definition) is 7. The molecular formula is C21H27N3O7. The molecule has 1 saturated heterocycles. The highest BCUT2D eigenvalue weighted by Gasteiger charge is 2.52. The number of nitrogens with one attached hydrogen (secondary N) is 2. The van der Waals surface area contributed by atoms with Crippen LogP contribution in [0.15, 0.2) is 24.3 Å². The molecule has 10 nitrogen and oxygen atoms in total. The molecule has 2 aliphatic rings. The van der Waals surface area contributed by atoms with Gasteiger partial charge in [-0.05, 0) is 55.9 Å². The highest BCUT2D eigenvalue weighted by atomic mass is 16.5. The largest absolute Gasteiger partial charge is 0.497 e. The van der Waals surface area contributed by atoms with E-state index in [0.29, 0.717) is 35.3 Å². The number of esters is 1. The molecular weight excluding hydrogens is 406 g/mol. The summed E-state index contributed by atoms with van der Waals surface area (Å²) in [5.41, 5.74) is 1.27. The van der Waals surface area contributed by atoms with E-state index < -0.39 is 36.0 Å². The highest BCUT2D eigenvalue weighted by molar-refractivity contribution is 6.08. The Morgan fingerprint density at radius 1 is 1.16 bits per heavy atom. The summed E-state index contributed by atoms with van der Waals surface area (Å²) in [5.74, 6) is -0.139. The van der Waals surface area contributed by atoms with Crippen molar-refractivity contribution in [2.24, 2.45) is 5.92 Å². The van der Waals surface area contributed by atoms with Crippen LogP contribution in [0.5, 0.6) is 11.5 Å². The Morgan fingerprint density at radius 2 is 1.81 bits per heavy atom. The molecule has 0 radical (unpaired) electrons. The Bertz CT molecular complexity index is 832. The van der Waals surface area contributed by atoms with Gasteiger partial charge >= 0.3 is 12.0 Å². The lowest BCUT2D eigenvalue weighted by atomic mass is 9.77. The minimum absolute atomic E-state index is 0.0657. The lowest BCUT2D eigenvalue weighted by molar-refractivity contribution is -0.151. The maximum Gasteiger partial charge on any atom is 0.344 e. The maximum atomic E-state index is 12.7. The van der Waals surface area contributed by atoms with Gasteiger partial charge in [0.2, 0.25) is 0 Å². The van der Waals surface area contributed by atoms with E-state index in [0.717, 1.165) is 12.8 Å². The summed E-state index contributed by atoms with van der Waals surface area (Å²) in [6, 6.07) is 6.19. The smallest absolute Gasteiger partial charge is 0.344 e. The third-order valence-electron chi connectivity index (χ3n) is 5.52. The normalized spacial score (nSPS) is 22.8. The first-order valence-electron chi connectivity index (χ1n) is 10.2. The van der Waals surface area contributed by atoms with Crippen molar-refractivity contribution in [2.75, 3.05) is 20.3 Å². The van der Waals surface area contributed by atoms with E-state index in [-0.39, 0.29) is 13.0 Å². The molecule has 0 atom stereocenters. The van der Waals surface area contributed by atoms with Crippen molar-refractivity contribution in [1.29, 1.82) is 0 Å². The van der Waals surface area contributed by atoms with E-state index in [2.05, 4.69) is 17.7 Å². The lowest BCUT2D eigenvalue weighted by Gasteiger charge is -2.33. The Morgan fingerprint density at radius 3 is 2.45 bits per heavy atom. The van der Waals surface area contributed by atoms with Gasteiger partial charge in [0.1, 0.15) is 17.0 Å². The van der Waals surface area contributed by atoms with Crippen LogP contribution in [0.25, 0.3) is 0 Å². The number of methoxy groups -OCH3 is 1. The molecule has 1 aliphatic heterocycles. The predicted octanol–water partition coefficient (Wildman–Crippen LogP) is 1.54. The number of hydrogen-bond donors (Lipinski definition) is 2. The summed E-state index contributed by atoms with van der Waals surface area (Å²) >= 11 is 0. The number of amides is 4. The van der Waals surface area contributed by atoms with Crippen molar-refractivity contribution in [3.05, 3.63) is 24.3 Å². The molecule has 0 bridgehead atoms. The van der Waals surface area contributed by atoms with Crippen LogP contribution in [0.2, 0.25) is 0 Å². The molecule has 1 heterocycles. The minimum Gasteiger partial charge on any atom is -0.497 e. The fourth-order valence-corrected chi connectivity index (χ4v) is 3.62. The summed E-state index contributed by atoms with van der Waals surface area (Å²) in [4.78, 5) is 48.7. The van der Waals surface area contributed by atoms with E-state index in [9.17, 15) is 19.2 Å². The van der Waals surface area contributed by atoms with Crippen LogP contribution in [0, 0.1) is 5.92 Å². The quantitative estimate of drug-likeness (QED) is 0.471. The van der Waals surface area contributed by atoms with Crippen LogP contribution < -0.4 is 20.2 Å². The summed E-state index contributed by atoms with van der Waals surface area (Å²) in [6.45, 7) is 1.56. The molecule has 1 saturated carbocycles. The Labute approximate surface area is 180 Å². The highest BCUT2D eigenvalue weighted by Crippen LogP contribution is 2.35. The van der Waals surface area contributed by atoms with Crippen LogP contribution >= 0.6 is 0 Å². The zero-order chi connectivity index (χ0) is 22.4. The molecule has 1 aliphatic carbocycles. The molecule has 168 valence electrons. The minimum atomic E-state index is -0.952. The number of benzene rings is 1. The first kappa shape index (κ1) is 22.4. The van der Waals surface area contributed by atoms with Gasteiger partial charge in [0.05, 0.1) is 20.1 Å². The van der Waals surface area contributed by atoms with Crippen molar-refractivity contribution in [3.8, 4) is 11.5 Å². The van der Waals surface area contributed by atoms with Crippen molar-refractivity contribution in [1.82, 2.24) is 15.8 Å². The molecule has 0 unspecified atom stereocenters. The predicted molar refractivity (Wildman–Crippen MR) is 108 cm³/mol. The Balaban J connectivity index is 1.38. The second-order valence-electron chi connectivity index (χ2n) is 7.80. The summed E-state index contributed by atoms with van der Waals surface area (Å²) in [7, 11) is 1.56. The van der Waals surface area contributed by atoms with Crippen molar-refractivity contribution < 1.29 is 33.4 Å². The number of carbonyl (C=O) groups excluding carboxylic acids is 4. The van der Waals surface area contributed by atoms with Gasteiger partial charge in [-0.15, -0.1) is 0 Å². The number of nitrogens with zero attached hydrogens (tertiary/aromatic N) is 1. The SMILES string of the molecule is COc1ccc(OCCC(=O)OCC(=O)NN2C(=O)NC3(CCC(C)CC3)C2=O)cc1. The average molecular weight is 433 g/mol. The number of urea groups is 1. The lowest BCUT2D eigenvalue weighted by Crippen LogP contribution is -2.52. The van der Waals surface area contributed by atoms with Crippen LogP contribution in [0.3, 0.4) is 0 Å². The molecule has 1 aromatic carbocycles. The fourth-order valence-electron chi connectivity index (χ4n) is 3.62. The first-order chi connectivity index (χ1) is 14.8. The van der Waals surface area contributed by atoms with Gasteiger partial charge in [-0.2, -0.15) is 5.01 Å². The zero-order valence-corrected chi connectivity index (χ0v) is 17.6. The van der Waals surface area contributed by atoms with Gasteiger partial charge in [-0.25, -0.2) is 4.79 Å². The van der Waals surface area contributed by atoms with Crippen LogP contribution in [0.4, 0.5) is 4.79 Å². The van der Waals surface area contributed by atoms with Crippen molar-refractivity contribution in [3.63, 3.8) is 0 Å². The van der Waals surface area contributed by atoms with E-state index in [1.165, 1.54) is 0 Å². The van der Waals surface area contributed by atoms with Gasteiger partial charge in [0, 0.05) is 0 Å². The van der Waals surface area contributed by atoms with E-state index in [1.807, 2.05) is 0 Å². The van der Waals surface area contributed by atoms with Crippen LogP contribution in [0.1, 0.15) is 39.0 Å². The van der Waals surface area contributed by atoms with Gasteiger partial charge in [-0.1, -0.05) is 6.92 Å². The molecule has 1 aromatic rings. The summed E-state index contributed by atoms with van der Waals surface area (Å²) in [6.07, 6.45) is 2.65. The molecule has 2 fully saturated rings. The van der Waals surface area contributed by atoms with Crippen LogP contribution in [-0.4, -0.2) is 54.7 Å². The molecule has 3 rings (SSSR count). The number of imide groups is 1. The third-order valence-corrected chi connectivity index (χ3v) is 5.52. The summed E-state index contributed by atoms with van der Waals surface area (Å²) in [5, 5.41) is 3.38. The first-order valence-corrected chi connectivity index (χ1v) is 10.2. The second kappa shape index (κ2) is 9.67. The molecule has 10 heteroatoms. The molecule has 1 spiro atoms. The average Bonchev–Trinajstić information content (AvgIpc) is 2.99. The van der Waals surface area contributed by atoms with Gasteiger partial charge < -0.3 is 19.5 Å². The number of rotatable bonds is 8. The number of ether oxygens (including phenoxy) is 3. The standard InChI is InChI=1S/C21H27N3O7/c1-14-7-10-21(11-8-14)19(27)24(20(28)22-21)23-17(25)13-31-18(26)9-12-30-16-5-3-15(29-2)4-6-16/h3-6,14H,7-13H2,1-2H3,(H,22,28)(H,23,25). The van der Waals surface area contributed by atoms with Gasteiger partial charge in [0.25, 0.3) is 11.8 Å². The zero-order valence-electron chi connectivity index (χ0n) is 17.6. The van der Waals surface area contributed by atoms with Crippen LogP contribution in [-0.2, 0) is 19.1 Å². The van der Waals surface area contributed by atoms with Crippen molar-refractivity contribution in [2.45, 2.75) is 44.6 Å². The molecule has 4 amide bonds. The van der Waals surface area contributed by atoms with E-state index in [1.54, 1.807) is 31.4 Å². The van der Waals surface area contributed by atoms with Gasteiger partial charge in [-0.3, -0.25) is 19.8 Å². The topological polar surface area (TPSA) is 123 Å². The monoisotopic (exact) mass is 433 g/mol. The fraction of sp³-hybridized carbons (Fsp3) is 0.524. The Kier molecular flexibility index (Phi) is 6.98. The van der Waals surface area contributed by atoms with Gasteiger partial charge in [0.15, 0.2) is 6.61 Å². The van der Waals surface area contributed by atoms with E-state index >= 15 is 0 Å². The maximum absolute atomic E-state index is 12.7. The number of hydrazine groups is 1. The van der Waals surface area contributed by atoms with E-state index in [4.69, 9.17) is 14.2 Å². The second-order valence-corrected chi connectivity index (χ2v) is 7.80. The third kappa shape index (κ3) is 5.44. The number of carbonyl (C=O) groups is 4. The molecule has 2 N–H and O–H groups in total. The molecule has 0 aromatic heterocycles. The Hall–Kier alpha value is -3.30.